The van der Waals surface area contributed by atoms with Crippen molar-refractivity contribution in [2.75, 3.05) is 13.7 Å². The molecule has 1 aliphatic rings. The number of amides is 2. The summed E-state index contributed by atoms with van der Waals surface area (Å²) in [5.74, 6) is 1.03. The van der Waals surface area contributed by atoms with Gasteiger partial charge < -0.3 is 14.0 Å². The lowest BCUT2D eigenvalue weighted by Gasteiger charge is -2.11. The highest BCUT2D eigenvalue weighted by Gasteiger charge is 2.25. The lowest BCUT2D eigenvalue weighted by molar-refractivity contribution is -0.115. The van der Waals surface area contributed by atoms with Gasteiger partial charge in [-0.2, -0.15) is 0 Å². The number of methoxy groups -OCH3 is 1. The summed E-state index contributed by atoms with van der Waals surface area (Å²) in [5, 5.41) is 2.95. The number of hydrogen-bond donors (Lipinski definition) is 1. The van der Waals surface area contributed by atoms with E-state index in [1.54, 1.807) is 13.2 Å². The maximum absolute atomic E-state index is 11.9. The van der Waals surface area contributed by atoms with Crippen LogP contribution in [0.25, 0.3) is 17.0 Å². The molecule has 4 rings (SSSR count). The standard InChI is InChI=1S/C21H18N2O4S/c1-26-17-8-4-5-9-18(17)27-11-10-23-13-14(15-6-2-3-7-16(15)23)12-19-20(24)22-21(25)28-19/h2-9,12-13H,10-11H2,1H3,(H,22,24,25)/b19-12-. The Balaban J connectivity index is 1.57. The fourth-order valence-electron chi connectivity index (χ4n) is 3.13. The Kier molecular flexibility index (Phi) is 5.08. The Morgan fingerprint density at radius 1 is 1.07 bits per heavy atom. The van der Waals surface area contributed by atoms with Gasteiger partial charge in [0.1, 0.15) is 6.61 Å². The lowest BCUT2D eigenvalue weighted by atomic mass is 10.1. The number of ether oxygens (including phenoxy) is 2. The number of carbonyl (C=O) groups excluding carboxylic acids is 2. The van der Waals surface area contributed by atoms with Crippen LogP contribution >= 0.6 is 11.8 Å². The Hall–Kier alpha value is -3.19. The molecule has 0 radical (unpaired) electrons. The molecule has 0 bridgehead atoms. The van der Waals surface area contributed by atoms with Gasteiger partial charge in [-0.3, -0.25) is 14.9 Å². The number of thioether (sulfide) groups is 1. The highest BCUT2D eigenvalue weighted by Crippen LogP contribution is 2.30. The number of aromatic nitrogens is 1. The highest BCUT2D eigenvalue weighted by atomic mass is 32.2. The van der Waals surface area contributed by atoms with E-state index in [4.69, 9.17) is 9.47 Å². The molecule has 1 fully saturated rings. The van der Waals surface area contributed by atoms with Crippen molar-refractivity contribution in [1.82, 2.24) is 9.88 Å². The van der Waals surface area contributed by atoms with Crippen molar-refractivity contribution in [3.8, 4) is 11.5 Å². The second-order valence-corrected chi connectivity index (χ2v) is 7.16. The fraction of sp³-hybridized carbons (Fsp3) is 0.143. The highest BCUT2D eigenvalue weighted by molar-refractivity contribution is 8.18. The van der Waals surface area contributed by atoms with E-state index in [0.717, 1.165) is 28.2 Å². The smallest absolute Gasteiger partial charge is 0.290 e. The molecule has 2 heterocycles. The maximum Gasteiger partial charge on any atom is 0.290 e. The summed E-state index contributed by atoms with van der Waals surface area (Å²) in [5.41, 5.74) is 1.92. The van der Waals surface area contributed by atoms with Crippen LogP contribution in [0.1, 0.15) is 5.56 Å². The van der Waals surface area contributed by atoms with Crippen molar-refractivity contribution >= 4 is 39.9 Å². The molecule has 1 N–H and O–H groups in total. The molecule has 1 saturated heterocycles. The molecule has 142 valence electrons. The largest absolute Gasteiger partial charge is 0.493 e. The molecule has 1 aliphatic heterocycles. The first-order valence-corrected chi connectivity index (χ1v) is 9.56. The van der Waals surface area contributed by atoms with Crippen molar-refractivity contribution in [2.45, 2.75) is 6.54 Å². The molecular weight excluding hydrogens is 376 g/mol. The average Bonchev–Trinajstić information content (AvgIpc) is 3.22. The zero-order chi connectivity index (χ0) is 19.5. The van der Waals surface area contributed by atoms with Crippen molar-refractivity contribution in [3.05, 3.63) is 65.2 Å². The molecule has 28 heavy (non-hydrogen) atoms. The summed E-state index contributed by atoms with van der Waals surface area (Å²) in [7, 11) is 1.61. The first-order chi connectivity index (χ1) is 13.7. The van der Waals surface area contributed by atoms with Crippen LogP contribution in [0.5, 0.6) is 11.5 Å². The van der Waals surface area contributed by atoms with Gasteiger partial charge >= 0.3 is 0 Å². The summed E-state index contributed by atoms with van der Waals surface area (Å²) in [6.07, 6.45) is 3.73. The third kappa shape index (κ3) is 3.61. The van der Waals surface area contributed by atoms with E-state index >= 15 is 0 Å². The van der Waals surface area contributed by atoms with Gasteiger partial charge in [0.05, 0.1) is 18.6 Å². The molecule has 7 heteroatoms. The number of hydrogen-bond acceptors (Lipinski definition) is 5. The summed E-state index contributed by atoms with van der Waals surface area (Å²) in [6.45, 7) is 1.09. The van der Waals surface area contributed by atoms with Crippen LogP contribution in [0.2, 0.25) is 0 Å². The van der Waals surface area contributed by atoms with E-state index < -0.39 is 0 Å². The Morgan fingerprint density at radius 3 is 2.57 bits per heavy atom. The normalized spacial score (nSPS) is 15.2. The van der Waals surface area contributed by atoms with Crippen molar-refractivity contribution in [3.63, 3.8) is 0 Å². The minimum atomic E-state index is -0.355. The van der Waals surface area contributed by atoms with Crippen molar-refractivity contribution in [1.29, 1.82) is 0 Å². The fourth-order valence-corrected chi connectivity index (χ4v) is 3.80. The minimum Gasteiger partial charge on any atom is -0.493 e. The van der Waals surface area contributed by atoms with E-state index in [0.29, 0.717) is 29.6 Å². The van der Waals surface area contributed by atoms with Crippen molar-refractivity contribution < 1.29 is 19.1 Å². The molecular formula is C21H18N2O4S. The first-order valence-electron chi connectivity index (χ1n) is 8.74. The lowest BCUT2D eigenvalue weighted by Crippen LogP contribution is -2.17. The SMILES string of the molecule is COc1ccccc1OCCn1cc(/C=C2\SC(=O)NC2=O)c2ccccc21. The first kappa shape index (κ1) is 18.2. The zero-order valence-electron chi connectivity index (χ0n) is 15.2. The van der Waals surface area contributed by atoms with Crippen LogP contribution in [0.15, 0.2) is 59.6 Å². The van der Waals surface area contributed by atoms with Gasteiger partial charge in [0.15, 0.2) is 11.5 Å². The predicted octanol–water partition coefficient (Wildman–Crippen LogP) is 4.05. The summed E-state index contributed by atoms with van der Waals surface area (Å²) < 4.78 is 13.3. The minimum absolute atomic E-state index is 0.342. The van der Waals surface area contributed by atoms with Gasteiger partial charge in [0, 0.05) is 22.7 Å². The zero-order valence-corrected chi connectivity index (χ0v) is 16.0. The van der Waals surface area contributed by atoms with Gasteiger partial charge in [-0.15, -0.1) is 0 Å². The van der Waals surface area contributed by atoms with Gasteiger partial charge in [-0.25, -0.2) is 0 Å². The van der Waals surface area contributed by atoms with Gasteiger partial charge in [0.2, 0.25) is 0 Å². The second-order valence-electron chi connectivity index (χ2n) is 6.15. The van der Waals surface area contributed by atoms with E-state index in [-0.39, 0.29) is 11.1 Å². The topological polar surface area (TPSA) is 69.6 Å². The number of benzene rings is 2. The number of fused-ring (bicyclic) bond motifs is 1. The molecule has 0 saturated carbocycles. The number of carbonyl (C=O) groups is 2. The van der Waals surface area contributed by atoms with E-state index in [1.807, 2.05) is 54.7 Å². The van der Waals surface area contributed by atoms with Crippen LogP contribution in [-0.2, 0) is 11.3 Å². The van der Waals surface area contributed by atoms with Gasteiger partial charge in [0.25, 0.3) is 11.1 Å². The van der Waals surface area contributed by atoms with Gasteiger partial charge in [-0.05, 0) is 36.0 Å². The molecule has 1 aromatic heterocycles. The number of imide groups is 1. The summed E-state index contributed by atoms with van der Waals surface area (Å²) >= 11 is 0.919. The number of rotatable bonds is 6. The molecule has 2 aromatic carbocycles. The van der Waals surface area contributed by atoms with Crippen LogP contribution in [0.3, 0.4) is 0 Å². The molecule has 6 nitrogen and oxygen atoms in total. The monoisotopic (exact) mass is 394 g/mol. The number of para-hydroxylation sites is 3. The van der Waals surface area contributed by atoms with Crippen LogP contribution in [0, 0.1) is 0 Å². The molecule has 3 aromatic rings. The van der Waals surface area contributed by atoms with Crippen molar-refractivity contribution in [2.24, 2.45) is 0 Å². The maximum atomic E-state index is 11.9. The van der Waals surface area contributed by atoms with Gasteiger partial charge in [-0.1, -0.05) is 30.3 Å². The van der Waals surface area contributed by atoms with E-state index in [1.165, 1.54) is 0 Å². The van der Waals surface area contributed by atoms with Crippen LogP contribution < -0.4 is 14.8 Å². The molecule has 2 amide bonds. The third-order valence-corrected chi connectivity index (χ3v) is 5.22. The summed E-state index contributed by atoms with van der Waals surface area (Å²) in [6, 6.07) is 15.5. The summed E-state index contributed by atoms with van der Waals surface area (Å²) in [4.78, 5) is 23.7. The Morgan fingerprint density at radius 2 is 1.82 bits per heavy atom. The molecule has 0 unspecified atom stereocenters. The quantitative estimate of drug-likeness (QED) is 0.639. The Bertz CT molecular complexity index is 1090. The average molecular weight is 394 g/mol. The molecule has 0 atom stereocenters. The van der Waals surface area contributed by atoms with E-state index in [9.17, 15) is 9.59 Å². The number of nitrogens with one attached hydrogen (secondary N) is 1. The second kappa shape index (κ2) is 7.82. The number of nitrogens with zero attached hydrogens (tertiary/aromatic N) is 1. The van der Waals surface area contributed by atoms with E-state index in [2.05, 4.69) is 9.88 Å². The predicted molar refractivity (Wildman–Crippen MR) is 110 cm³/mol. The van der Waals surface area contributed by atoms with Crippen LogP contribution in [-0.4, -0.2) is 29.4 Å². The van der Waals surface area contributed by atoms with Crippen LogP contribution in [0.4, 0.5) is 4.79 Å². The Labute approximate surface area is 166 Å². The molecule has 0 spiro atoms. The third-order valence-electron chi connectivity index (χ3n) is 4.41. The molecule has 0 aliphatic carbocycles.